The molecule has 1 saturated heterocycles. The number of hydrogen-bond donors (Lipinski definition) is 3. The summed E-state index contributed by atoms with van der Waals surface area (Å²) < 4.78 is 7.29. The maximum absolute atomic E-state index is 12.8. The number of aromatic amines is 1. The Kier molecular flexibility index (Phi) is 7.03. The first-order chi connectivity index (χ1) is 13.6. The van der Waals surface area contributed by atoms with Crippen LogP contribution in [0.15, 0.2) is 23.0 Å². The van der Waals surface area contributed by atoms with Crippen LogP contribution >= 0.6 is 12.4 Å². The van der Waals surface area contributed by atoms with Crippen LogP contribution < -0.4 is 16.3 Å². The minimum Gasteiger partial charge on any atom is -0.384 e. The molecule has 2 aromatic rings. The van der Waals surface area contributed by atoms with Gasteiger partial charge in [0.2, 0.25) is 0 Å². The van der Waals surface area contributed by atoms with E-state index in [4.69, 9.17) is 4.74 Å². The van der Waals surface area contributed by atoms with Crippen molar-refractivity contribution in [3.8, 4) is 0 Å². The fourth-order valence-electron chi connectivity index (χ4n) is 4.80. The molecule has 1 aromatic heterocycles. The first-order valence-electron chi connectivity index (χ1n) is 10.3. The van der Waals surface area contributed by atoms with Gasteiger partial charge in [-0.05, 0) is 57.0 Å². The van der Waals surface area contributed by atoms with E-state index < -0.39 is 0 Å². The zero-order chi connectivity index (χ0) is 19.6. The number of carbonyl (C=O) groups is 1. The molecule has 1 aliphatic carbocycles. The van der Waals surface area contributed by atoms with Gasteiger partial charge in [0.25, 0.3) is 5.91 Å². The fraction of sp³-hybridized carbons (Fsp3) is 0.619. The summed E-state index contributed by atoms with van der Waals surface area (Å²) in [5, 5.41) is 6.45. The molecule has 2 heterocycles. The van der Waals surface area contributed by atoms with Gasteiger partial charge in [-0.1, -0.05) is 12.8 Å². The summed E-state index contributed by atoms with van der Waals surface area (Å²) in [5.74, 6) is -0.106. The van der Waals surface area contributed by atoms with Crippen molar-refractivity contribution in [2.45, 2.75) is 44.6 Å². The molecule has 0 unspecified atom stereocenters. The van der Waals surface area contributed by atoms with Crippen molar-refractivity contribution in [2.75, 3.05) is 33.4 Å². The van der Waals surface area contributed by atoms with Crippen LogP contribution in [0.3, 0.4) is 0 Å². The van der Waals surface area contributed by atoms with E-state index in [-0.39, 0.29) is 35.5 Å². The van der Waals surface area contributed by atoms with E-state index in [1.54, 1.807) is 13.2 Å². The van der Waals surface area contributed by atoms with Gasteiger partial charge in [-0.2, -0.15) is 0 Å². The van der Waals surface area contributed by atoms with E-state index in [0.29, 0.717) is 18.7 Å². The minimum absolute atomic E-state index is 0. The highest BCUT2D eigenvalue weighted by atomic mass is 35.5. The van der Waals surface area contributed by atoms with Gasteiger partial charge in [0.1, 0.15) is 0 Å². The number of halogens is 1. The Labute approximate surface area is 177 Å². The lowest BCUT2D eigenvalue weighted by atomic mass is 9.79. The van der Waals surface area contributed by atoms with Crippen molar-refractivity contribution in [1.82, 2.24) is 20.2 Å². The van der Waals surface area contributed by atoms with Gasteiger partial charge in [0.15, 0.2) is 0 Å². The van der Waals surface area contributed by atoms with Crippen molar-refractivity contribution in [3.05, 3.63) is 34.2 Å². The molecule has 2 fully saturated rings. The van der Waals surface area contributed by atoms with Crippen LogP contribution in [0.25, 0.3) is 11.0 Å². The molecule has 1 aromatic carbocycles. The number of methoxy groups -OCH3 is 1. The van der Waals surface area contributed by atoms with Crippen LogP contribution in [0.1, 0.15) is 54.9 Å². The summed E-state index contributed by atoms with van der Waals surface area (Å²) in [6.45, 7) is 3.13. The first-order valence-corrected chi connectivity index (χ1v) is 10.3. The molecular weight excluding hydrogens is 392 g/mol. The normalized spacial score (nSPS) is 19.2. The van der Waals surface area contributed by atoms with Crippen LogP contribution in [-0.2, 0) is 4.74 Å². The number of amides is 1. The second-order valence-electron chi connectivity index (χ2n) is 8.34. The number of rotatable bonds is 6. The minimum atomic E-state index is -0.106. The van der Waals surface area contributed by atoms with E-state index in [9.17, 15) is 9.59 Å². The van der Waals surface area contributed by atoms with Gasteiger partial charge in [0.05, 0.1) is 17.6 Å². The molecule has 29 heavy (non-hydrogen) atoms. The molecule has 2 aliphatic rings. The highest BCUT2D eigenvalue weighted by Crippen LogP contribution is 2.31. The molecule has 160 valence electrons. The second-order valence-corrected chi connectivity index (χ2v) is 8.34. The molecule has 0 bridgehead atoms. The number of nitrogens with zero attached hydrogens (tertiary/aromatic N) is 1. The van der Waals surface area contributed by atoms with Gasteiger partial charge >= 0.3 is 5.69 Å². The molecule has 7 nitrogen and oxygen atoms in total. The van der Waals surface area contributed by atoms with Gasteiger partial charge in [-0.25, -0.2) is 4.79 Å². The van der Waals surface area contributed by atoms with Crippen LogP contribution in [0.5, 0.6) is 0 Å². The topological polar surface area (TPSA) is 88.2 Å². The van der Waals surface area contributed by atoms with E-state index in [2.05, 4.69) is 15.6 Å². The van der Waals surface area contributed by atoms with Crippen LogP contribution in [0.2, 0.25) is 0 Å². The maximum atomic E-state index is 12.8. The molecule has 4 rings (SSSR count). The van der Waals surface area contributed by atoms with Gasteiger partial charge in [-0.3, -0.25) is 9.36 Å². The number of ether oxygens (including phenoxy) is 1. The van der Waals surface area contributed by atoms with Crippen LogP contribution in [-0.4, -0.2) is 48.8 Å². The molecule has 8 heteroatoms. The molecule has 1 aliphatic heterocycles. The van der Waals surface area contributed by atoms with Crippen LogP contribution in [0, 0.1) is 5.41 Å². The quantitative estimate of drug-likeness (QED) is 0.667. The van der Waals surface area contributed by atoms with Gasteiger partial charge < -0.3 is 20.4 Å². The average Bonchev–Trinajstić information content (AvgIpc) is 3.33. The summed E-state index contributed by atoms with van der Waals surface area (Å²) >= 11 is 0. The number of benzene rings is 1. The second kappa shape index (κ2) is 9.32. The Morgan fingerprint density at radius 1 is 1.28 bits per heavy atom. The highest BCUT2D eigenvalue weighted by Gasteiger charge is 2.32. The van der Waals surface area contributed by atoms with E-state index in [1.807, 2.05) is 16.7 Å². The number of imidazole rings is 1. The molecule has 1 amide bonds. The molecule has 3 N–H and O–H groups in total. The summed E-state index contributed by atoms with van der Waals surface area (Å²) in [5.41, 5.74) is 2.11. The molecule has 0 radical (unpaired) electrons. The summed E-state index contributed by atoms with van der Waals surface area (Å²) in [6.07, 6.45) is 6.40. The number of H-pyrrole nitrogens is 1. The summed E-state index contributed by atoms with van der Waals surface area (Å²) in [4.78, 5) is 28.1. The standard InChI is InChI=1S/C21H30N4O3.ClH/c1-28-14-21(8-10-22-11-9-21)13-23-19(26)15-6-7-18-17(12-15)24-20(27)25(18)16-4-2-3-5-16;/h6-7,12,16,22H,2-5,8-11,13-14H2,1H3,(H,23,26)(H,24,27);1H. The van der Waals surface area contributed by atoms with E-state index in [1.165, 1.54) is 12.8 Å². The number of piperidine rings is 1. The van der Waals surface area contributed by atoms with E-state index in [0.717, 1.165) is 49.8 Å². The number of hydrogen-bond acceptors (Lipinski definition) is 4. The SMILES string of the molecule is COCC1(CNC(=O)c2ccc3c(c2)[nH]c(=O)n3C2CCCC2)CCNCC1.Cl. The first kappa shape index (κ1) is 21.9. The molecule has 1 saturated carbocycles. The third kappa shape index (κ3) is 4.52. The van der Waals surface area contributed by atoms with Crippen LogP contribution in [0.4, 0.5) is 0 Å². The molecule has 0 spiro atoms. The zero-order valence-corrected chi connectivity index (χ0v) is 17.8. The lowest BCUT2D eigenvalue weighted by molar-refractivity contribution is 0.0512. The number of fused-ring (bicyclic) bond motifs is 1. The fourth-order valence-corrected chi connectivity index (χ4v) is 4.80. The smallest absolute Gasteiger partial charge is 0.326 e. The Balaban J connectivity index is 0.00000240. The zero-order valence-electron chi connectivity index (χ0n) is 17.0. The predicted octanol–water partition coefficient (Wildman–Crippen LogP) is 2.61. The lowest BCUT2D eigenvalue weighted by Gasteiger charge is -2.37. The van der Waals surface area contributed by atoms with Gasteiger partial charge in [-0.15, -0.1) is 12.4 Å². The Hall–Kier alpha value is -1.83. The Morgan fingerprint density at radius 2 is 2.00 bits per heavy atom. The summed E-state index contributed by atoms with van der Waals surface area (Å²) in [7, 11) is 1.71. The number of nitrogens with one attached hydrogen (secondary N) is 3. The Bertz CT molecular complexity index is 889. The number of aromatic nitrogens is 2. The average molecular weight is 423 g/mol. The van der Waals surface area contributed by atoms with Crippen molar-refractivity contribution < 1.29 is 9.53 Å². The van der Waals surface area contributed by atoms with Crippen molar-refractivity contribution in [1.29, 1.82) is 0 Å². The molecule has 0 atom stereocenters. The predicted molar refractivity (Wildman–Crippen MR) is 116 cm³/mol. The monoisotopic (exact) mass is 422 g/mol. The maximum Gasteiger partial charge on any atom is 0.326 e. The number of carbonyl (C=O) groups excluding carboxylic acids is 1. The van der Waals surface area contributed by atoms with Crippen molar-refractivity contribution in [3.63, 3.8) is 0 Å². The summed E-state index contributed by atoms with van der Waals surface area (Å²) in [6, 6.07) is 5.79. The molecular formula is C21H31ClN4O3. The van der Waals surface area contributed by atoms with Crippen molar-refractivity contribution in [2.24, 2.45) is 5.41 Å². The third-order valence-corrected chi connectivity index (χ3v) is 6.41. The third-order valence-electron chi connectivity index (χ3n) is 6.41. The largest absolute Gasteiger partial charge is 0.384 e. The highest BCUT2D eigenvalue weighted by molar-refractivity contribution is 5.97. The lowest BCUT2D eigenvalue weighted by Crippen LogP contribution is -2.47. The van der Waals surface area contributed by atoms with Gasteiger partial charge in [0, 0.05) is 30.7 Å². The Morgan fingerprint density at radius 3 is 2.69 bits per heavy atom. The van der Waals surface area contributed by atoms with E-state index >= 15 is 0 Å². The van der Waals surface area contributed by atoms with Crippen molar-refractivity contribution >= 4 is 29.3 Å².